The molecule has 0 unspecified atom stereocenters. The summed E-state index contributed by atoms with van der Waals surface area (Å²) in [6.45, 7) is 0. The third-order valence-corrected chi connectivity index (χ3v) is 3.15. The molecule has 18 heavy (non-hydrogen) atoms. The molecular formula is C13H12N4O. The number of hydrogen-bond donors (Lipinski definition) is 1. The van der Waals surface area contributed by atoms with E-state index in [1.165, 1.54) is 18.3 Å². The van der Waals surface area contributed by atoms with Crippen molar-refractivity contribution in [2.24, 2.45) is 0 Å². The Morgan fingerprint density at radius 1 is 1.33 bits per heavy atom. The van der Waals surface area contributed by atoms with Gasteiger partial charge in [-0.3, -0.25) is 4.79 Å². The Labute approximate surface area is 105 Å². The molecule has 5 nitrogen and oxygen atoms in total. The minimum Gasteiger partial charge on any atom is -0.332 e. The molecule has 1 amide bonds. The van der Waals surface area contributed by atoms with E-state index in [4.69, 9.17) is 10.5 Å². The maximum atomic E-state index is 12.0. The molecule has 0 spiro atoms. The molecule has 1 aromatic heterocycles. The molecule has 2 rings (SSSR count). The number of nitrogens with zero attached hydrogens (tertiary/aromatic N) is 3. The first-order chi connectivity index (χ1) is 8.69. The Morgan fingerprint density at radius 2 is 2.06 bits per heavy atom. The summed E-state index contributed by atoms with van der Waals surface area (Å²) in [5.41, 5.74) is -0.106. The van der Waals surface area contributed by atoms with Gasteiger partial charge in [0.2, 0.25) is 0 Å². The van der Waals surface area contributed by atoms with Crippen LogP contribution in [0.1, 0.15) is 41.7 Å². The Kier molecular flexibility index (Phi) is 3.25. The summed E-state index contributed by atoms with van der Waals surface area (Å²) in [7, 11) is 0. The molecule has 0 aromatic carbocycles. The van der Waals surface area contributed by atoms with Crippen molar-refractivity contribution < 1.29 is 4.79 Å². The average molecular weight is 240 g/mol. The summed E-state index contributed by atoms with van der Waals surface area (Å²) in [5.74, 6) is -0.358. The van der Waals surface area contributed by atoms with Crippen LogP contribution in [0.3, 0.4) is 0 Å². The number of nitrogens with one attached hydrogen (secondary N) is 1. The third-order valence-electron chi connectivity index (χ3n) is 3.15. The minimum atomic E-state index is -0.743. The highest BCUT2D eigenvalue weighted by atomic mass is 16.2. The summed E-state index contributed by atoms with van der Waals surface area (Å²) >= 11 is 0. The number of hydrogen-bond acceptors (Lipinski definition) is 4. The predicted molar refractivity (Wildman–Crippen MR) is 63.2 cm³/mol. The number of carbonyl (C=O) groups excluding carboxylic acids is 1. The van der Waals surface area contributed by atoms with E-state index in [2.05, 4.69) is 16.4 Å². The van der Waals surface area contributed by atoms with Gasteiger partial charge in [-0.25, -0.2) is 4.98 Å². The van der Waals surface area contributed by atoms with Crippen molar-refractivity contribution in [1.29, 1.82) is 10.5 Å². The van der Waals surface area contributed by atoms with Crippen molar-refractivity contribution in [2.75, 3.05) is 0 Å². The van der Waals surface area contributed by atoms with Crippen molar-refractivity contribution in [3.63, 3.8) is 0 Å². The number of amides is 1. The normalized spacial score (nSPS) is 16.6. The number of nitriles is 2. The first-order valence-corrected chi connectivity index (χ1v) is 5.79. The lowest BCUT2D eigenvalue weighted by Gasteiger charge is -2.21. The second-order valence-corrected chi connectivity index (χ2v) is 4.40. The third kappa shape index (κ3) is 2.31. The van der Waals surface area contributed by atoms with Crippen molar-refractivity contribution in [3.05, 3.63) is 29.6 Å². The SMILES string of the molecule is N#Cc1ccc(C(=O)NC2(C#N)CCCC2)nc1. The molecule has 0 saturated heterocycles. The summed E-state index contributed by atoms with van der Waals surface area (Å²) in [6.07, 6.45) is 4.63. The van der Waals surface area contributed by atoms with Gasteiger partial charge >= 0.3 is 0 Å². The average Bonchev–Trinajstić information content (AvgIpc) is 2.88. The van der Waals surface area contributed by atoms with E-state index in [-0.39, 0.29) is 11.6 Å². The topological polar surface area (TPSA) is 89.6 Å². The summed E-state index contributed by atoms with van der Waals surface area (Å²) < 4.78 is 0. The molecule has 0 aliphatic heterocycles. The molecule has 1 aromatic rings. The fraction of sp³-hybridized carbons (Fsp3) is 0.385. The highest BCUT2D eigenvalue weighted by Gasteiger charge is 2.35. The van der Waals surface area contributed by atoms with Crippen LogP contribution in [-0.4, -0.2) is 16.4 Å². The lowest BCUT2D eigenvalue weighted by molar-refractivity contribution is 0.0915. The van der Waals surface area contributed by atoms with E-state index in [1.807, 2.05) is 6.07 Å². The van der Waals surface area contributed by atoms with Gasteiger partial charge in [0.15, 0.2) is 0 Å². The van der Waals surface area contributed by atoms with Gasteiger partial charge in [-0.1, -0.05) is 0 Å². The first kappa shape index (κ1) is 12.1. The van der Waals surface area contributed by atoms with Crippen LogP contribution in [0.15, 0.2) is 18.3 Å². The molecule has 1 saturated carbocycles. The van der Waals surface area contributed by atoms with E-state index >= 15 is 0 Å². The van der Waals surface area contributed by atoms with Gasteiger partial charge < -0.3 is 5.32 Å². The molecule has 0 bridgehead atoms. The predicted octanol–water partition coefficient (Wildman–Crippen LogP) is 1.52. The molecule has 90 valence electrons. The van der Waals surface area contributed by atoms with Gasteiger partial charge in [0.05, 0.1) is 11.6 Å². The highest BCUT2D eigenvalue weighted by Crippen LogP contribution is 2.29. The first-order valence-electron chi connectivity index (χ1n) is 5.79. The standard InChI is InChI=1S/C13H12N4O/c14-7-10-3-4-11(16-8-10)12(18)17-13(9-15)5-1-2-6-13/h3-4,8H,1-2,5-6H2,(H,17,18). The second-order valence-electron chi connectivity index (χ2n) is 4.40. The van der Waals surface area contributed by atoms with Gasteiger partial charge in [-0.2, -0.15) is 10.5 Å². The fourth-order valence-electron chi connectivity index (χ4n) is 2.12. The highest BCUT2D eigenvalue weighted by molar-refractivity contribution is 5.93. The van der Waals surface area contributed by atoms with E-state index in [0.717, 1.165) is 12.8 Å². The number of pyridine rings is 1. The van der Waals surface area contributed by atoms with Gasteiger partial charge in [-0.15, -0.1) is 0 Å². The minimum absolute atomic E-state index is 0.232. The molecule has 1 aliphatic carbocycles. The van der Waals surface area contributed by atoms with Crippen LogP contribution < -0.4 is 5.32 Å². The molecule has 1 fully saturated rings. The maximum absolute atomic E-state index is 12.0. The van der Waals surface area contributed by atoms with Crippen molar-refractivity contribution in [3.8, 4) is 12.1 Å². The largest absolute Gasteiger partial charge is 0.332 e. The quantitative estimate of drug-likeness (QED) is 0.848. The molecule has 0 radical (unpaired) electrons. The van der Waals surface area contributed by atoms with E-state index < -0.39 is 5.54 Å². The summed E-state index contributed by atoms with van der Waals surface area (Å²) in [4.78, 5) is 15.9. The number of aromatic nitrogens is 1. The van der Waals surface area contributed by atoms with Gasteiger partial charge in [0.1, 0.15) is 17.3 Å². The van der Waals surface area contributed by atoms with Gasteiger partial charge in [-0.05, 0) is 37.8 Å². The van der Waals surface area contributed by atoms with Crippen LogP contribution in [0, 0.1) is 22.7 Å². The molecular weight excluding hydrogens is 228 g/mol. The Balaban J connectivity index is 2.12. The van der Waals surface area contributed by atoms with E-state index in [1.54, 1.807) is 0 Å². The maximum Gasteiger partial charge on any atom is 0.271 e. The second kappa shape index (κ2) is 4.85. The zero-order valence-electron chi connectivity index (χ0n) is 9.81. The fourth-order valence-corrected chi connectivity index (χ4v) is 2.12. The van der Waals surface area contributed by atoms with E-state index in [0.29, 0.717) is 18.4 Å². The molecule has 5 heteroatoms. The van der Waals surface area contributed by atoms with Gasteiger partial charge in [0.25, 0.3) is 5.91 Å². The molecule has 1 heterocycles. The number of carbonyl (C=O) groups is 1. The zero-order chi connectivity index (χ0) is 13.0. The van der Waals surface area contributed by atoms with E-state index in [9.17, 15) is 4.79 Å². The van der Waals surface area contributed by atoms with Crippen molar-refractivity contribution in [1.82, 2.24) is 10.3 Å². The molecule has 0 atom stereocenters. The Morgan fingerprint density at radius 3 is 2.56 bits per heavy atom. The lowest BCUT2D eigenvalue weighted by atomic mass is 9.99. The van der Waals surface area contributed by atoms with Crippen LogP contribution in [-0.2, 0) is 0 Å². The zero-order valence-corrected chi connectivity index (χ0v) is 9.81. The van der Waals surface area contributed by atoms with Crippen molar-refractivity contribution >= 4 is 5.91 Å². The Hall–Kier alpha value is -2.40. The summed E-state index contributed by atoms with van der Waals surface area (Å²) in [6, 6.07) is 7.16. The molecule has 1 N–H and O–H groups in total. The molecule has 1 aliphatic rings. The van der Waals surface area contributed by atoms with Gasteiger partial charge in [0, 0.05) is 6.20 Å². The Bertz CT molecular complexity index is 530. The number of rotatable bonds is 2. The van der Waals surface area contributed by atoms with Crippen LogP contribution >= 0.6 is 0 Å². The van der Waals surface area contributed by atoms with Crippen molar-refractivity contribution in [2.45, 2.75) is 31.2 Å². The summed E-state index contributed by atoms with van der Waals surface area (Å²) in [5, 5.41) is 20.6. The van der Waals surface area contributed by atoms with Crippen LogP contribution in [0.2, 0.25) is 0 Å². The smallest absolute Gasteiger partial charge is 0.271 e. The van der Waals surface area contributed by atoms with Crippen LogP contribution in [0.5, 0.6) is 0 Å². The lowest BCUT2D eigenvalue weighted by Crippen LogP contribution is -2.45. The van der Waals surface area contributed by atoms with Crippen LogP contribution in [0.4, 0.5) is 0 Å². The van der Waals surface area contributed by atoms with Crippen LogP contribution in [0.25, 0.3) is 0 Å². The monoisotopic (exact) mass is 240 g/mol.